The van der Waals surface area contributed by atoms with Crippen molar-refractivity contribution >= 4 is 42.4 Å². The second kappa shape index (κ2) is 18.5. The van der Waals surface area contributed by atoms with E-state index in [2.05, 4.69) is 16.4 Å². The van der Waals surface area contributed by atoms with Crippen LogP contribution in [0.25, 0.3) is 10.9 Å². The molecule has 3 aromatic carbocycles. The van der Waals surface area contributed by atoms with Gasteiger partial charge in [0.2, 0.25) is 11.8 Å². The van der Waals surface area contributed by atoms with E-state index in [4.69, 9.17) is 0 Å². The van der Waals surface area contributed by atoms with Crippen molar-refractivity contribution in [3.63, 3.8) is 0 Å². The number of para-hydroxylation sites is 1. The molecule has 3 aliphatic rings. The molecule has 56 heavy (non-hydrogen) atoms. The van der Waals surface area contributed by atoms with Crippen LogP contribution in [0.15, 0.2) is 91.6 Å². The summed E-state index contributed by atoms with van der Waals surface area (Å²) < 4.78 is 17.7. The molecule has 0 spiro atoms. The third-order valence-electron chi connectivity index (χ3n) is 10.1. The smallest absolute Gasteiger partial charge is 0.780 e. The Morgan fingerprint density at radius 2 is 1.70 bits per heavy atom. The van der Waals surface area contributed by atoms with Gasteiger partial charge in [0.05, 0.1) is 18.6 Å². The number of hydrogen-bond donors (Lipinski definition) is 1. The number of rotatable bonds is 13. The largest absolute Gasteiger partial charge is 1.00 e. The summed E-state index contributed by atoms with van der Waals surface area (Å²) in [5, 5.41) is 6.93. The molecule has 3 fully saturated rings. The van der Waals surface area contributed by atoms with E-state index in [-0.39, 0.29) is 128 Å². The van der Waals surface area contributed by atoms with Crippen molar-refractivity contribution in [3.05, 3.63) is 114 Å². The number of phosphoric acid groups is 1. The van der Waals surface area contributed by atoms with Crippen molar-refractivity contribution in [2.45, 2.75) is 58.0 Å². The molecular weight excluding hydrogens is 757 g/mol. The average molecular weight is 799 g/mol. The number of fused-ring (bicyclic) bond motifs is 2. The second-order valence-electron chi connectivity index (χ2n) is 13.8. The molecule has 1 saturated carbocycles. The number of hydrogen-bond acceptors (Lipinski definition) is 9. The summed E-state index contributed by atoms with van der Waals surface area (Å²) >= 11 is 0. The maximum atomic E-state index is 14.7. The number of benzene rings is 3. The zero-order valence-electron chi connectivity index (χ0n) is 31.8. The second-order valence-corrected chi connectivity index (χ2v) is 14.9. The van der Waals surface area contributed by atoms with Crippen LogP contribution < -0.4 is 78.7 Å². The van der Waals surface area contributed by atoms with Gasteiger partial charge in [0, 0.05) is 55.7 Å². The Labute approximate surface area is 369 Å². The van der Waals surface area contributed by atoms with Crippen molar-refractivity contribution < 1.29 is 97.2 Å². The predicted octanol–water partition coefficient (Wildman–Crippen LogP) is -2.79. The predicted molar refractivity (Wildman–Crippen MR) is 195 cm³/mol. The average Bonchev–Trinajstić information content (AvgIpc) is 3.93. The van der Waals surface area contributed by atoms with Crippen LogP contribution in [0.1, 0.15) is 46.8 Å². The number of Topliss-reactive ketones (excluding diaryl/α,β-unsaturated/α-hetero) is 1. The first kappa shape index (κ1) is 43.8. The fourth-order valence-corrected chi connectivity index (χ4v) is 7.90. The fraction of sp³-hybridized carbons (Fsp3) is 0.333. The van der Waals surface area contributed by atoms with Crippen LogP contribution in [0.2, 0.25) is 0 Å². The first-order chi connectivity index (χ1) is 26.0. The van der Waals surface area contributed by atoms with Crippen LogP contribution in [0.4, 0.5) is 4.79 Å². The standard InChI is InChI=1S/C39H43N6O8P.2Na/c1-3-19-43-25-35(46)44-33(20-26-13-17-30(18-14-26)53-54(50,51)52)38(48)42(24-34(44)45(43)39(49)40-21-27-9-6-5-7-10-27)22-29-11-8-12-31-32(37(47)28-15-16-28)23-41(4-2)36(29)31;;/h3,5-14,17-18,23,28,33-34H,1,4,15-16,19-22,24-25H2,2H3,(H,40,49)(H2,50,51,52);;/q;2*+1/p-2/t33-,34-;;/m0../s1. The van der Waals surface area contributed by atoms with E-state index in [9.17, 15) is 33.5 Å². The van der Waals surface area contributed by atoms with Crippen LogP contribution in [0.3, 0.4) is 0 Å². The molecule has 3 heterocycles. The number of phosphoric ester groups is 1. The number of nitrogens with one attached hydrogen (secondary N) is 1. The maximum absolute atomic E-state index is 14.7. The summed E-state index contributed by atoms with van der Waals surface area (Å²) in [6.07, 6.45) is 4.39. The monoisotopic (exact) mass is 798 g/mol. The van der Waals surface area contributed by atoms with Crippen LogP contribution in [-0.2, 0) is 40.2 Å². The number of aromatic nitrogens is 1. The summed E-state index contributed by atoms with van der Waals surface area (Å²) in [5.41, 5.74) is 3.79. The van der Waals surface area contributed by atoms with Gasteiger partial charge in [-0.2, -0.15) is 0 Å². The van der Waals surface area contributed by atoms with Gasteiger partial charge in [0.1, 0.15) is 25.8 Å². The third-order valence-corrected chi connectivity index (χ3v) is 10.6. The molecule has 2 atom stereocenters. The van der Waals surface area contributed by atoms with Gasteiger partial charge in [-0.3, -0.25) is 14.4 Å². The first-order valence-electron chi connectivity index (χ1n) is 18.0. The van der Waals surface area contributed by atoms with Crippen LogP contribution in [0, 0.1) is 5.92 Å². The van der Waals surface area contributed by atoms with Crippen molar-refractivity contribution in [2.24, 2.45) is 5.92 Å². The number of aryl methyl sites for hydroxylation is 1. The number of urea groups is 1. The molecule has 0 unspecified atom stereocenters. The molecule has 4 amide bonds. The van der Waals surface area contributed by atoms with Gasteiger partial charge in [-0.05, 0) is 48.6 Å². The van der Waals surface area contributed by atoms with Gasteiger partial charge in [-0.15, -0.1) is 6.58 Å². The third kappa shape index (κ3) is 9.53. The summed E-state index contributed by atoms with van der Waals surface area (Å²) in [5.74, 6) is -0.711. The Morgan fingerprint density at radius 1 is 0.982 bits per heavy atom. The minimum absolute atomic E-state index is 0. The minimum atomic E-state index is -5.29. The van der Waals surface area contributed by atoms with Gasteiger partial charge in [0.25, 0.3) is 0 Å². The zero-order valence-corrected chi connectivity index (χ0v) is 36.7. The topological polar surface area (TPSA) is 171 Å². The Morgan fingerprint density at radius 3 is 2.34 bits per heavy atom. The molecule has 7 rings (SSSR count). The van der Waals surface area contributed by atoms with E-state index in [1.807, 2.05) is 66.2 Å². The summed E-state index contributed by atoms with van der Waals surface area (Å²) in [6.45, 7) is 6.84. The molecule has 17 heteroatoms. The molecule has 2 saturated heterocycles. The van der Waals surface area contributed by atoms with Crippen LogP contribution >= 0.6 is 7.82 Å². The van der Waals surface area contributed by atoms with Crippen LogP contribution in [-0.4, -0.2) is 79.9 Å². The molecule has 282 valence electrons. The normalized spacial score (nSPS) is 18.5. The molecule has 2 aliphatic heterocycles. The van der Waals surface area contributed by atoms with E-state index in [1.165, 1.54) is 34.2 Å². The van der Waals surface area contributed by atoms with E-state index in [0.717, 1.165) is 34.9 Å². The van der Waals surface area contributed by atoms with Crippen LogP contribution in [0.5, 0.6) is 5.75 Å². The van der Waals surface area contributed by atoms with Gasteiger partial charge in [-0.25, -0.2) is 14.8 Å². The summed E-state index contributed by atoms with van der Waals surface area (Å²) in [6, 6.07) is 19.3. The molecule has 1 aromatic heterocycles. The van der Waals surface area contributed by atoms with Gasteiger partial charge in [-0.1, -0.05) is 66.7 Å². The van der Waals surface area contributed by atoms with E-state index in [0.29, 0.717) is 17.7 Å². The van der Waals surface area contributed by atoms with E-state index in [1.54, 1.807) is 16.0 Å². The molecule has 4 aromatic rings. The molecule has 14 nitrogen and oxygen atoms in total. The summed E-state index contributed by atoms with van der Waals surface area (Å²) in [7, 11) is -5.29. The zero-order chi connectivity index (χ0) is 38.1. The van der Waals surface area contributed by atoms with Gasteiger partial charge < -0.3 is 38.6 Å². The molecule has 1 aliphatic carbocycles. The number of hydrazine groups is 1. The quantitative estimate of drug-likeness (QED) is 0.0651. The van der Waals surface area contributed by atoms with E-state index >= 15 is 0 Å². The maximum Gasteiger partial charge on any atom is 1.00 e. The van der Waals surface area contributed by atoms with E-state index < -0.39 is 26.1 Å². The minimum Gasteiger partial charge on any atom is -0.780 e. The molecule has 0 radical (unpaired) electrons. The SMILES string of the molecule is C=CCN1CC(=O)N2[C@@H](Cc3ccc(OP(=O)([O-])[O-])cc3)C(=O)N(Cc3cccc4c(C(=O)C5CC5)cn(CC)c34)C[C@@H]2N1C(=O)NCc1ccccc1.[Na+].[Na+]. The van der Waals surface area contributed by atoms with Crippen molar-refractivity contribution in [1.82, 2.24) is 29.7 Å². The Bertz CT molecular complexity index is 2140. The number of carbonyl (C=O) groups is 4. The molecule has 0 bridgehead atoms. The number of carbonyl (C=O) groups excluding carboxylic acids is 4. The van der Waals surface area contributed by atoms with Crippen molar-refractivity contribution in [3.8, 4) is 5.75 Å². The summed E-state index contributed by atoms with van der Waals surface area (Å²) in [4.78, 5) is 81.6. The number of amides is 4. The fourth-order valence-electron chi connectivity index (χ4n) is 7.52. The Balaban J connectivity index is 0.00000300. The van der Waals surface area contributed by atoms with Gasteiger partial charge in [0.15, 0.2) is 5.78 Å². The first-order valence-corrected chi connectivity index (χ1v) is 19.4. The number of ketones is 1. The van der Waals surface area contributed by atoms with Crippen molar-refractivity contribution in [1.29, 1.82) is 0 Å². The number of piperazine rings is 1. The molecular formula is C39H41N6Na2O8P. The molecule has 1 N–H and O–H groups in total. The Hall–Kier alpha value is -3.27. The Kier molecular flexibility index (Phi) is 14.5. The van der Waals surface area contributed by atoms with Crippen molar-refractivity contribution in [2.75, 3.05) is 19.6 Å². The van der Waals surface area contributed by atoms with Gasteiger partial charge >= 0.3 is 65.1 Å². The number of nitrogens with zero attached hydrogens (tertiary/aromatic N) is 5.